The summed E-state index contributed by atoms with van der Waals surface area (Å²) in [6.07, 6.45) is -2.35. The Balaban J connectivity index is 2.28. The zero-order valence-corrected chi connectivity index (χ0v) is 12.9. The van der Waals surface area contributed by atoms with Crippen LogP contribution in [0, 0.1) is 0 Å². The Morgan fingerprint density at radius 3 is 2.57 bits per heavy atom. The van der Waals surface area contributed by atoms with Crippen LogP contribution in [0.4, 0.5) is 18.0 Å². The second-order valence-electron chi connectivity index (χ2n) is 3.93. The molecule has 0 spiro atoms. The molecule has 1 aromatic rings. The Kier molecular flexibility index (Phi) is 6.82. The van der Waals surface area contributed by atoms with E-state index in [-0.39, 0.29) is 0 Å². The van der Waals surface area contributed by atoms with E-state index < -0.39 is 37.2 Å². The number of alkyl halides is 3. The SMILES string of the molecule is O=C(COC(=O)/C=C/c1ccc(Br)o1)NC(=O)NCC(F)(F)F. The van der Waals surface area contributed by atoms with Gasteiger partial charge in [-0.05, 0) is 34.1 Å². The summed E-state index contributed by atoms with van der Waals surface area (Å²) in [5.41, 5.74) is 0. The summed E-state index contributed by atoms with van der Waals surface area (Å²) in [5.74, 6) is -1.62. The first-order valence-corrected chi connectivity index (χ1v) is 6.69. The molecule has 11 heteroatoms. The number of furan rings is 1. The molecule has 1 rings (SSSR count). The van der Waals surface area contributed by atoms with Crippen LogP contribution in [-0.2, 0) is 14.3 Å². The Morgan fingerprint density at radius 1 is 1.30 bits per heavy atom. The molecule has 0 aromatic carbocycles. The van der Waals surface area contributed by atoms with Gasteiger partial charge < -0.3 is 14.5 Å². The van der Waals surface area contributed by atoms with E-state index in [1.165, 1.54) is 11.4 Å². The number of ether oxygens (including phenoxy) is 1. The van der Waals surface area contributed by atoms with Gasteiger partial charge in [-0.25, -0.2) is 9.59 Å². The van der Waals surface area contributed by atoms with Crippen molar-refractivity contribution in [2.75, 3.05) is 13.2 Å². The van der Waals surface area contributed by atoms with Crippen molar-refractivity contribution in [3.63, 3.8) is 0 Å². The van der Waals surface area contributed by atoms with E-state index in [1.807, 2.05) is 0 Å². The number of halogens is 4. The van der Waals surface area contributed by atoms with Crippen LogP contribution in [0.25, 0.3) is 6.08 Å². The van der Waals surface area contributed by atoms with Crippen LogP contribution in [0.1, 0.15) is 5.76 Å². The fourth-order valence-electron chi connectivity index (χ4n) is 1.14. The Labute approximate surface area is 136 Å². The lowest BCUT2D eigenvalue weighted by molar-refractivity contribution is -0.143. The number of esters is 1. The maximum Gasteiger partial charge on any atom is 0.405 e. The fourth-order valence-corrected chi connectivity index (χ4v) is 1.46. The molecule has 0 aliphatic rings. The predicted octanol–water partition coefficient (Wildman–Crippen LogP) is 1.99. The maximum atomic E-state index is 11.8. The van der Waals surface area contributed by atoms with E-state index in [0.29, 0.717) is 10.4 Å². The van der Waals surface area contributed by atoms with Gasteiger partial charge >= 0.3 is 18.2 Å². The monoisotopic (exact) mass is 398 g/mol. The van der Waals surface area contributed by atoms with Crippen LogP contribution in [-0.4, -0.2) is 37.2 Å². The third kappa shape index (κ3) is 8.66. The second kappa shape index (κ2) is 8.36. The fraction of sp³-hybridized carbons (Fsp3) is 0.250. The number of imide groups is 1. The average Bonchev–Trinajstić information content (AvgIpc) is 2.86. The Bertz CT molecular complexity index is 612. The van der Waals surface area contributed by atoms with Gasteiger partial charge in [-0.2, -0.15) is 13.2 Å². The molecule has 3 amide bonds. The number of carbonyl (C=O) groups excluding carboxylic acids is 3. The minimum absolute atomic E-state index is 0.352. The lowest BCUT2D eigenvalue weighted by Gasteiger charge is -2.08. The highest BCUT2D eigenvalue weighted by molar-refractivity contribution is 9.10. The van der Waals surface area contributed by atoms with Crippen LogP contribution in [0.3, 0.4) is 0 Å². The molecule has 1 heterocycles. The van der Waals surface area contributed by atoms with Gasteiger partial charge in [-0.15, -0.1) is 0 Å². The summed E-state index contributed by atoms with van der Waals surface area (Å²) in [6, 6.07) is 1.81. The molecule has 0 radical (unpaired) electrons. The zero-order valence-electron chi connectivity index (χ0n) is 11.3. The molecule has 0 aliphatic heterocycles. The molecule has 0 atom stereocenters. The van der Waals surface area contributed by atoms with Crippen molar-refractivity contribution < 1.29 is 36.7 Å². The molecule has 0 unspecified atom stereocenters. The lowest BCUT2D eigenvalue weighted by atomic mass is 10.4. The number of hydrogen-bond acceptors (Lipinski definition) is 5. The highest BCUT2D eigenvalue weighted by Crippen LogP contribution is 2.15. The molecular formula is C12H10BrF3N2O5. The standard InChI is InChI=1S/C12H10BrF3N2O5/c13-8-3-1-7(23-8)2-4-10(20)22-5-9(19)18-11(21)17-6-12(14,15)16/h1-4H,5-6H2,(H2,17,18,19,21)/b4-2+. The van der Waals surface area contributed by atoms with E-state index >= 15 is 0 Å². The van der Waals surface area contributed by atoms with Gasteiger partial charge in [-0.3, -0.25) is 10.1 Å². The molecule has 23 heavy (non-hydrogen) atoms. The van der Waals surface area contributed by atoms with E-state index in [9.17, 15) is 27.6 Å². The van der Waals surface area contributed by atoms with E-state index in [1.54, 1.807) is 17.4 Å². The second-order valence-corrected chi connectivity index (χ2v) is 4.71. The predicted molar refractivity (Wildman–Crippen MR) is 74.0 cm³/mol. The van der Waals surface area contributed by atoms with E-state index in [0.717, 1.165) is 6.08 Å². The lowest BCUT2D eigenvalue weighted by Crippen LogP contribution is -2.44. The normalized spacial score (nSPS) is 11.3. The molecule has 2 N–H and O–H groups in total. The first kappa shape index (κ1) is 18.7. The van der Waals surface area contributed by atoms with Gasteiger partial charge in [0.05, 0.1) is 0 Å². The van der Waals surface area contributed by atoms with Crippen LogP contribution in [0.2, 0.25) is 0 Å². The summed E-state index contributed by atoms with van der Waals surface area (Å²) in [6.45, 7) is -2.42. The number of carbonyl (C=O) groups is 3. The molecule has 1 aromatic heterocycles. The van der Waals surface area contributed by atoms with Crippen molar-refractivity contribution in [3.8, 4) is 0 Å². The van der Waals surface area contributed by atoms with Crippen molar-refractivity contribution in [1.82, 2.24) is 10.6 Å². The number of rotatable bonds is 5. The minimum Gasteiger partial charge on any atom is -0.452 e. The van der Waals surface area contributed by atoms with Gasteiger partial charge in [-0.1, -0.05) is 0 Å². The number of amides is 3. The average molecular weight is 399 g/mol. The maximum absolute atomic E-state index is 11.8. The molecule has 7 nitrogen and oxygen atoms in total. The number of hydrogen-bond donors (Lipinski definition) is 2. The molecule has 0 aliphatic carbocycles. The molecule has 0 saturated heterocycles. The van der Waals surface area contributed by atoms with Gasteiger partial charge in [0.1, 0.15) is 12.3 Å². The van der Waals surface area contributed by atoms with Gasteiger partial charge in [0.2, 0.25) is 0 Å². The Morgan fingerprint density at radius 2 is 2.00 bits per heavy atom. The van der Waals surface area contributed by atoms with Crippen LogP contribution in [0.5, 0.6) is 0 Å². The molecular weight excluding hydrogens is 389 g/mol. The molecule has 0 bridgehead atoms. The smallest absolute Gasteiger partial charge is 0.405 e. The topological polar surface area (TPSA) is 97.6 Å². The number of nitrogens with one attached hydrogen (secondary N) is 2. The van der Waals surface area contributed by atoms with Crippen molar-refractivity contribution >= 4 is 39.9 Å². The third-order valence-electron chi connectivity index (χ3n) is 2.03. The Hall–Kier alpha value is -2.30. The first-order chi connectivity index (χ1) is 10.7. The molecule has 0 saturated carbocycles. The van der Waals surface area contributed by atoms with Gasteiger partial charge in [0.15, 0.2) is 11.3 Å². The van der Waals surface area contributed by atoms with Gasteiger partial charge in [0, 0.05) is 6.08 Å². The highest BCUT2D eigenvalue weighted by atomic mass is 79.9. The minimum atomic E-state index is -4.60. The van der Waals surface area contributed by atoms with E-state index in [2.05, 4.69) is 20.7 Å². The van der Waals surface area contributed by atoms with Crippen molar-refractivity contribution in [3.05, 3.63) is 28.6 Å². The summed E-state index contributed by atoms with van der Waals surface area (Å²) in [5, 5.41) is 2.99. The van der Waals surface area contributed by atoms with Crippen LogP contribution >= 0.6 is 15.9 Å². The van der Waals surface area contributed by atoms with Crippen LogP contribution < -0.4 is 10.6 Å². The van der Waals surface area contributed by atoms with E-state index in [4.69, 9.17) is 4.42 Å². The van der Waals surface area contributed by atoms with Crippen molar-refractivity contribution in [1.29, 1.82) is 0 Å². The quantitative estimate of drug-likeness (QED) is 0.583. The third-order valence-corrected chi connectivity index (χ3v) is 2.45. The van der Waals surface area contributed by atoms with Crippen molar-refractivity contribution in [2.45, 2.75) is 6.18 Å². The largest absolute Gasteiger partial charge is 0.452 e. The zero-order chi connectivity index (χ0) is 17.5. The highest BCUT2D eigenvalue weighted by Gasteiger charge is 2.27. The summed E-state index contributed by atoms with van der Waals surface area (Å²) in [4.78, 5) is 33.4. The molecule has 0 fully saturated rings. The summed E-state index contributed by atoms with van der Waals surface area (Å²) in [7, 11) is 0. The first-order valence-electron chi connectivity index (χ1n) is 5.90. The number of urea groups is 1. The van der Waals surface area contributed by atoms with Crippen molar-refractivity contribution in [2.24, 2.45) is 0 Å². The summed E-state index contributed by atoms with van der Waals surface area (Å²) >= 11 is 3.06. The van der Waals surface area contributed by atoms with Gasteiger partial charge in [0.25, 0.3) is 5.91 Å². The molecule has 126 valence electrons. The summed E-state index contributed by atoms with van der Waals surface area (Å²) < 4.78 is 45.5. The van der Waals surface area contributed by atoms with Crippen LogP contribution in [0.15, 0.2) is 27.3 Å².